The third-order valence-electron chi connectivity index (χ3n) is 2.70. The number of nitro benzene ring substituents is 1. The lowest BCUT2D eigenvalue weighted by Gasteiger charge is -1.98. The molecule has 0 aliphatic heterocycles. The van der Waals surface area contributed by atoms with Gasteiger partial charge in [0.05, 0.1) is 16.9 Å². The van der Waals surface area contributed by atoms with Crippen molar-refractivity contribution >= 4 is 22.6 Å². The van der Waals surface area contributed by atoms with Crippen LogP contribution in [0.2, 0.25) is 0 Å². The normalized spacial score (nSPS) is 10.6. The quantitative estimate of drug-likeness (QED) is 0.519. The maximum atomic E-state index is 11.6. The van der Waals surface area contributed by atoms with Gasteiger partial charge in [0, 0.05) is 11.6 Å². The summed E-state index contributed by atoms with van der Waals surface area (Å²) in [4.78, 5) is 21.7. The summed E-state index contributed by atoms with van der Waals surface area (Å²) in [5.74, 6) is -1.25. The van der Waals surface area contributed by atoms with Crippen molar-refractivity contribution in [1.29, 1.82) is 0 Å². The molecule has 0 radical (unpaired) electrons. The summed E-state index contributed by atoms with van der Waals surface area (Å²) in [7, 11) is 0. The van der Waals surface area contributed by atoms with Crippen molar-refractivity contribution in [3.8, 4) is 5.75 Å². The molecule has 1 aromatic heterocycles. The van der Waals surface area contributed by atoms with Crippen molar-refractivity contribution in [2.24, 2.45) is 0 Å². The van der Waals surface area contributed by atoms with Crippen LogP contribution in [0.3, 0.4) is 0 Å². The van der Waals surface area contributed by atoms with E-state index >= 15 is 0 Å². The number of nitro groups is 1. The molecule has 1 aromatic carbocycles. The molecular formula is C12H11NO6. The molecule has 0 fully saturated rings. The molecule has 0 bridgehead atoms. The fraction of sp³-hybridized carbons (Fsp3) is 0.250. The van der Waals surface area contributed by atoms with E-state index in [9.17, 15) is 20.0 Å². The molecule has 2 aromatic rings. The Morgan fingerprint density at radius 3 is 2.79 bits per heavy atom. The van der Waals surface area contributed by atoms with Gasteiger partial charge >= 0.3 is 11.7 Å². The maximum Gasteiger partial charge on any atom is 0.374 e. The zero-order valence-electron chi connectivity index (χ0n) is 10.3. The summed E-state index contributed by atoms with van der Waals surface area (Å²) in [6.45, 7) is 3.36. The fourth-order valence-corrected chi connectivity index (χ4v) is 1.85. The number of fused-ring (bicyclic) bond motifs is 1. The number of phenols is 1. The molecule has 1 N–H and O–H groups in total. The number of hydrogen-bond donors (Lipinski definition) is 1. The van der Waals surface area contributed by atoms with Crippen molar-refractivity contribution < 1.29 is 24.0 Å². The third-order valence-corrected chi connectivity index (χ3v) is 2.70. The molecule has 100 valence electrons. The minimum atomic E-state index is -0.703. The Kier molecular flexibility index (Phi) is 3.12. The van der Waals surface area contributed by atoms with Gasteiger partial charge < -0.3 is 14.3 Å². The molecule has 2 rings (SSSR count). The van der Waals surface area contributed by atoms with Crippen LogP contribution in [0.4, 0.5) is 5.69 Å². The minimum Gasteiger partial charge on any atom is -0.502 e. The first kappa shape index (κ1) is 12.9. The van der Waals surface area contributed by atoms with E-state index in [2.05, 4.69) is 0 Å². The van der Waals surface area contributed by atoms with Gasteiger partial charge in [0.25, 0.3) is 0 Å². The molecule has 0 aliphatic carbocycles. The van der Waals surface area contributed by atoms with Crippen LogP contribution >= 0.6 is 0 Å². The van der Waals surface area contributed by atoms with Crippen LogP contribution in [0.25, 0.3) is 11.0 Å². The van der Waals surface area contributed by atoms with Crippen LogP contribution in [0, 0.1) is 17.0 Å². The largest absolute Gasteiger partial charge is 0.502 e. The Morgan fingerprint density at radius 2 is 2.21 bits per heavy atom. The average molecular weight is 265 g/mol. The monoisotopic (exact) mass is 265 g/mol. The van der Waals surface area contributed by atoms with Gasteiger partial charge in [-0.05, 0) is 19.9 Å². The Labute approximate surface area is 107 Å². The molecule has 0 saturated heterocycles. The lowest BCUT2D eigenvalue weighted by molar-refractivity contribution is -0.385. The zero-order valence-corrected chi connectivity index (χ0v) is 10.3. The van der Waals surface area contributed by atoms with Gasteiger partial charge in [-0.3, -0.25) is 10.1 Å². The standard InChI is InChI=1S/C12H11NO6/c1-3-18-12(15)11-6(2)9-8(19-11)5-4-7(10(9)14)13(16)17/h4-5,14H,3H2,1-2H3. The lowest BCUT2D eigenvalue weighted by Crippen LogP contribution is -2.04. The van der Waals surface area contributed by atoms with E-state index in [4.69, 9.17) is 9.15 Å². The van der Waals surface area contributed by atoms with E-state index in [0.717, 1.165) is 6.07 Å². The van der Waals surface area contributed by atoms with Gasteiger partial charge in [-0.15, -0.1) is 0 Å². The summed E-state index contributed by atoms with van der Waals surface area (Å²) < 4.78 is 10.1. The second-order valence-corrected chi connectivity index (χ2v) is 3.84. The van der Waals surface area contributed by atoms with Crippen LogP contribution in [-0.2, 0) is 4.74 Å². The number of aryl methyl sites for hydroxylation is 1. The van der Waals surface area contributed by atoms with Crippen molar-refractivity contribution in [2.75, 3.05) is 6.61 Å². The molecule has 0 spiro atoms. The number of rotatable bonds is 3. The average Bonchev–Trinajstić information content (AvgIpc) is 2.68. The maximum absolute atomic E-state index is 11.6. The van der Waals surface area contributed by atoms with Gasteiger partial charge in [-0.1, -0.05) is 0 Å². The number of benzene rings is 1. The van der Waals surface area contributed by atoms with Gasteiger partial charge in [0.15, 0.2) is 0 Å². The van der Waals surface area contributed by atoms with E-state index in [-0.39, 0.29) is 23.3 Å². The van der Waals surface area contributed by atoms with Crippen molar-refractivity contribution in [3.63, 3.8) is 0 Å². The first-order valence-corrected chi connectivity index (χ1v) is 5.54. The zero-order chi connectivity index (χ0) is 14.2. The fourth-order valence-electron chi connectivity index (χ4n) is 1.85. The highest BCUT2D eigenvalue weighted by Gasteiger charge is 2.25. The van der Waals surface area contributed by atoms with Crippen molar-refractivity contribution in [1.82, 2.24) is 0 Å². The first-order valence-electron chi connectivity index (χ1n) is 5.54. The van der Waals surface area contributed by atoms with Gasteiger partial charge in [-0.2, -0.15) is 0 Å². The SMILES string of the molecule is CCOC(=O)c1oc2ccc([N+](=O)[O-])c(O)c2c1C. The number of phenolic OH excluding ortho intramolecular Hbond substituents is 1. The summed E-state index contributed by atoms with van der Waals surface area (Å²) in [5, 5.41) is 20.8. The molecular weight excluding hydrogens is 254 g/mol. The summed E-state index contributed by atoms with van der Waals surface area (Å²) in [5.41, 5.74) is 0.0742. The molecule has 0 saturated carbocycles. The molecule has 0 atom stereocenters. The molecule has 7 heteroatoms. The predicted molar refractivity (Wildman–Crippen MR) is 65.2 cm³/mol. The first-order chi connectivity index (χ1) is 8.97. The number of nitrogens with zero attached hydrogens (tertiary/aromatic N) is 1. The Bertz CT molecular complexity index is 672. The Hall–Kier alpha value is -2.57. The van der Waals surface area contributed by atoms with Crippen LogP contribution < -0.4 is 0 Å². The summed E-state index contributed by atoms with van der Waals surface area (Å²) >= 11 is 0. The van der Waals surface area contributed by atoms with Crippen molar-refractivity contribution in [3.05, 3.63) is 33.6 Å². The minimum absolute atomic E-state index is 0.0624. The predicted octanol–water partition coefficient (Wildman–Crippen LogP) is 2.53. The second-order valence-electron chi connectivity index (χ2n) is 3.84. The van der Waals surface area contributed by atoms with E-state index in [1.54, 1.807) is 6.92 Å². The van der Waals surface area contributed by atoms with Gasteiger partial charge in [-0.25, -0.2) is 4.79 Å². The molecule has 0 amide bonds. The number of hydrogen-bond acceptors (Lipinski definition) is 6. The number of esters is 1. The summed E-state index contributed by atoms with van der Waals surface area (Å²) in [6, 6.07) is 2.46. The highest BCUT2D eigenvalue weighted by molar-refractivity contribution is 5.99. The third kappa shape index (κ3) is 1.99. The van der Waals surface area contributed by atoms with Crippen LogP contribution in [0.1, 0.15) is 23.0 Å². The number of furan rings is 1. The highest BCUT2D eigenvalue weighted by Crippen LogP contribution is 2.38. The number of aromatic hydroxyl groups is 1. The highest BCUT2D eigenvalue weighted by atomic mass is 16.6. The topological polar surface area (TPSA) is 103 Å². The van der Waals surface area contributed by atoms with E-state index in [1.165, 1.54) is 13.0 Å². The molecule has 0 unspecified atom stereocenters. The van der Waals surface area contributed by atoms with E-state index in [0.29, 0.717) is 5.56 Å². The summed E-state index contributed by atoms with van der Waals surface area (Å²) in [6.07, 6.45) is 0. The van der Waals surface area contributed by atoms with E-state index in [1.807, 2.05) is 0 Å². The lowest BCUT2D eigenvalue weighted by atomic mass is 10.1. The molecule has 7 nitrogen and oxygen atoms in total. The van der Waals surface area contributed by atoms with Crippen LogP contribution in [0.5, 0.6) is 5.75 Å². The van der Waals surface area contributed by atoms with Gasteiger partial charge in [0.2, 0.25) is 11.5 Å². The van der Waals surface area contributed by atoms with Gasteiger partial charge in [0.1, 0.15) is 5.58 Å². The Morgan fingerprint density at radius 1 is 1.53 bits per heavy atom. The van der Waals surface area contributed by atoms with Crippen LogP contribution in [-0.4, -0.2) is 22.6 Å². The number of carbonyl (C=O) groups is 1. The number of ether oxygens (including phenoxy) is 1. The Balaban J connectivity index is 2.68. The molecule has 1 heterocycles. The van der Waals surface area contributed by atoms with Crippen LogP contribution in [0.15, 0.2) is 16.5 Å². The second kappa shape index (κ2) is 4.60. The number of carbonyl (C=O) groups excluding carboxylic acids is 1. The molecule has 19 heavy (non-hydrogen) atoms. The van der Waals surface area contributed by atoms with E-state index < -0.39 is 22.3 Å². The van der Waals surface area contributed by atoms with Crippen molar-refractivity contribution in [2.45, 2.75) is 13.8 Å². The molecule has 0 aliphatic rings. The smallest absolute Gasteiger partial charge is 0.374 e.